The van der Waals surface area contributed by atoms with Gasteiger partial charge in [-0.25, -0.2) is 0 Å². The van der Waals surface area contributed by atoms with Crippen molar-refractivity contribution < 1.29 is 9.53 Å². The molecule has 0 rings (SSSR count). The van der Waals surface area contributed by atoms with Crippen LogP contribution in [0.5, 0.6) is 0 Å². The molecular formula is C22H42O2. The Labute approximate surface area is 151 Å². The minimum Gasteiger partial charge on any atom is -0.465 e. The molecule has 0 spiro atoms. The molecule has 0 saturated heterocycles. The standard InChI is InChI=1S/C22H42O2/c1-3-5-7-8-9-10-11-12-13-14-15-16-17-19-21-24-22(23)20-18-6-4-2/h6,18H,3-5,7-17,19-21H2,1-2H3. The average Bonchev–Trinajstić information content (AvgIpc) is 2.58. The molecule has 142 valence electrons. The lowest BCUT2D eigenvalue weighted by atomic mass is 10.0. The van der Waals surface area contributed by atoms with E-state index in [0.717, 1.165) is 12.8 Å². The summed E-state index contributed by atoms with van der Waals surface area (Å²) in [5.41, 5.74) is 0. The molecule has 0 bridgehead atoms. The molecule has 0 atom stereocenters. The summed E-state index contributed by atoms with van der Waals surface area (Å²) in [6.07, 6.45) is 24.2. The van der Waals surface area contributed by atoms with Crippen LogP contribution in [0, 0.1) is 0 Å². The van der Waals surface area contributed by atoms with Crippen molar-refractivity contribution in [1.82, 2.24) is 0 Å². The summed E-state index contributed by atoms with van der Waals surface area (Å²) in [5, 5.41) is 0. The van der Waals surface area contributed by atoms with E-state index in [1.54, 1.807) is 0 Å². The average molecular weight is 339 g/mol. The molecule has 0 aliphatic heterocycles. The maximum absolute atomic E-state index is 11.4. The quantitative estimate of drug-likeness (QED) is 0.148. The van der Waals surface area contributed by atoms with Gasteiger partial charge in [-0.1, -0.05) is 109 Å². The van der Waals surface area contributed by atoms with Crippen LogP contribution in [0.3, 0.4) is 0 Å². The zero-order valence-corrected chi connectivity index (χ0v) is 16.5. The highest BCUT2D eigenvalue weighted by molar-refractivity contribution is 5.71. The first kappa shape index (κ1) is 23.2. The molecular weight excluding hydrogens is 296 g/mol. The highest BCUT2D eigenvalue weighted by atomic mass is 16.5. The maximum atomic E-state index is 11.4. The molecule has 2 nitrogen and oxygen atoms in total. The van der Waals surface area contributed by atoms with E-state index in [4.69, 9.17) is 4.74 Å². The van der Waals surface area contributed by atoms with Crippen molar-refractivity contribution in [3.05, 3.63) is 12.2 Å². The van der Waals surface area contributed by atoms with Gasteiger partial charge in [-0.05, 0) is 12.8 Å². The molecule has 24 heavy (non-hydrogen) atoms. The van der Waals surface area contributed by atoms with Crippen LogP contribution in [0.25, 0.3) is 0 Å². The molecule has 0 unspecified atom stereocenters. The summed E-state index contributed by atoms with van der Waals surface area (Å²) in [4.78, 5) is 11.4. The minimum atomic E-state index is -0.0885. The van der Waals surface area contributed by atoms with Gasteiger partial charge in [0, 0.05) is 0 Å². The Morgan fingerprint density at radius 3 is 1.58 bits per heavy atom. The normalized spacial score (nSPS) is 11.2. The molecule has 0 fully saturated rings. The Kier molecular flexibility index (Phi) is 19.6. The third-order valence-electron chi connectivity index (χ3n) is 4.45. The third-order valence-corrected chi connectivity index (χ3v) is 4.45. The van der Waals surface area contributed by atoms with Crippen LogP contribution in [-0.2, 0) is 9.53 Å². The number of esters is 1. The lowest BCUT2D eigenvalue weighted by Gasteiger charge is -2.04. The number of allylic oxidation sites excluding steroid dienone is 1. The van der Waals surface area contributed by atoms with E-state index in [1.807, 2.05) is 12.2 Å². The summed E-state index contributed by atoms with van der Waals surface area (Å²) in [6, 6.07) is 0. The second-order valence-corrected chi connectivity index (χ2v) is 6.90. The third kappa shape index (κ3) is 19.3. The maximum Gasteiger partial charge on any atom is 0.309 e. The van der Waals surface area contributed by atoms with Crippen LogP contribution < -0.4 is 0 Å². The largest absolute Gasteiger partial charge is 0.465 e. The van der Waals surface area contributed by atoms with Gasteiger partial charge in [0.1, 0.15) is 0 Å². The SMILES string of the molecule is CCC=CCC(=O)OCCCCCCCCCCCCCCCC. The van der Waals surface area contributed by atoms with Gasteiger partial charge in [0.25, 0.3) is 0 Å². The van der Waals surface area contributed by atoms with E-state index in [1.165, 1.54) is 83.5 Å². The smallest absolute Gasteiger partial charge is 0.309 e. The van der Waals surface area contributed by atoms with Crippen LogP contribution in [0.15, 0.2) is 12.2 Å². The molecule has 2 heteroatoms. The Morgan fingerprint density at radius 2 is 1.12 bits per heavy atom. The summed E-state index contributed by atoms with van der Waals surface area (Å²) < 4.78 is 5.21. The van der Waals surface area contributed by atoms with E-state index in [2.05, 4.69) is 13.8 Å². The molecule has 0 aromatic rings. The van der Waals surface area contributed by atoms with Gasteiger partial charge in [0.2, 0.25) is 0 Å². The second-order valence-electron chi connectivity index (χ2n) is 6.90. The first-order valence-electron chi connectivity index (χ1n) is 10.6. The molecule has 0 amide bonds. The number of carbonyl (C=O) groups is 1. The van der Waals surface area contributed by atoms with E-state index in [0.29, 0.717) is 13.0 Å². The second kappa shape index (κ2) is 20.3. The fourth-order valence-corrected chi connectivity index (χ4v) is 2.89. The topological polar surface area (TPSA) is 26.3 Å². The van der Waals surface area contributed by atoms with Crippen molar-refractivity contribution in [3.63, 3.8) is 0 Å². The Bertz CT molecular complexity index is 284. The van der Waals surface area contributed by atoms with Crippen molar-refractivity contribution in [2.45, 2.75) is 117 Å². The Morgan fingerprint density at radius 1 is 0.667 bits per heavy atom. The zero-order chi connectivity index (χ0) is 17.7. The lowest BCUT2D eigenvalue weighted by molar-refractivity contribution is -0.142. The molecule has 0 aromatic carbocycles. The van der Waals surface area contributed by atoms with E-state index < -0.39 is 0 Å². The molecule has 0 heterocycles. The molecule has 0 aromatic heterocycles. The van der Waals surface area contributed by atoms with Crippen LogP contribution in [0.1, 0.15) is 117 Å². The van der Waals surface area contributed by atoms with Crippen LogP contribution in [0.2, 0.25) is 0 Å². The monoisotopic (exact) mass is 338 g/mol. The van der Waals surface area contributed by atoms with Crippen molar-refractivity contribution in [3.8, 4) is 0 Å². The van der Waals surface area contributed by atoms with Crippen LogP contribution in [0.4, 0.5) is 0 Å². The highest BCUT2D eigenvalue weighted by Crippen LogP contribution is 2.12. The number of unbranched alkanes of at least 4 members (excludes halogenated alkanes) is 13. The zero-order valence-electron chi connectivity index (χ0n) is 16.5. The van der Waals surface area contributed by atoms with Gasteiger partial charge < -0.3 is 4.74 Å². The van der Waals surface area contributed by atoms with Gasteiger partial charge >= 0.3 is 5.97 Å². The summed E-state index contributed by atoms with van der Waals surface area (Å²) >= 11 is 0. The first-order valence-corrected chi connectivity index (χ1v) is 10.6. The molecule has 0 saturated carbocycles. The van der Waals surface area contributed by atoms with Gasteiger partial charge in [0.15, 0.2) is 0 Å². The van der Waals surface area contributed by atoms with Gasteiger partial charge in [-0.15, -0.1) is 0 Å². The van der Waals surface area contributed by atoms with E-state index >= 15 is 0 Å². The van der Waals surface area contributed by atoms with Gasteiger partial charge in [-0.2, -0.15) is 0 Å². The predicted octanol–water partition coefficient (Wildman–Crippen LogP) is 7.37. The molecule has 0 aliphatic rings. The Hall–Kier alpha value is -0.790. The molecule has 0 N–H and O–H groups in total. The van der Waals surface area contributed by atoms with Crippen LogP contribution >= 0.6 is 0 Å². The van der Waals surface area contributed by atoms with E-state index in [9.17, 15) is 4.79 Å². The fourth-order valence-electron chi connectivity index (χ4n) is 2.89. The summed E-state index contributed by atoms with van der Waals surface area (Å²) in [6.45, 7) is 4.94. The predicted molar refractivity (Wildman–Crippen MR) is 105 cm³/mol. The first-order chi connectivity index (χ1) is 11.8. The lowest BCUT2D eigenvalue weighted by Crippen LogP contribution is -2.04. The van der Waals surface area contributed by atoms with Crippen molar-refractivity contribution in [2.24, 2.45) is 0 Å². The van der Waals surface area contributed by atoms with Crippen molar-refractivity contribution >= 4 is 5.97 Å². The fraction of sp³-hybridized carbons (Fsp3) is 0.864. The van der Waals surface area contributed by atoms with Gasteiger partial charge in [-0.3, -0.25) is 4.79 Å². The van der Waals surface area contributed by atoms with E-state index in [-0.39, 0.29) is 5.97 Å². The number of hydrogen-bond acceptors (Lipinski definition) is 2. The number of ether oxygens (including phenoxy) is 1. The van der Waals surface area contributed by atoms with Crippen molar-refractivity contribution in [2.75, 3.05) is 6.61 Å². The number of rotatable bonds is 18. The molecule has 0 radical (unpaired) electrons. The highest BCUT2D eigenvalue weighted by Gasteiger charge is 1.99. The van der Waals surface area contributed by atoms with Crippen molar-refractivity contribution in [1.29, 1.82) is 0 Å². The van der Waals surface area contributed by atoms with Gasteiger partial charge in [0.05, 0.1) is 13.0 Å². The summed E-state index contributed by atoms with van der Waals surface area (Å²) in [7, 11) is 0. The van der Waals surface area contributed by atoms with Crippen LogP contribution in [-0.4, -0.2) is 12.6 Å². The number of hydrogen-bond donors (Lipinski definition) is 0. The Balaban J connectivity index is 3.10. The molecule has 0 aliphatic carbocycles. The number of carbonyl (C=O) groups excluding carboxylic acids is 1. The summed E-state index contributed by atoms with van der Waals surface area (Å²) in [5.74, 6) is -0.0885. The minimum absolute atomic E-state index is 0.0885.